The third-order valence-electron chi connectivity index (χ3n) is 5.10. The highest BCUT2D eigenvalue weighted by atomic mass is 35.5. The van der Waals surface area contributed by atoms with Crippen molar-refractivity contribution < 1.29 is 0 Å². The van der Waals surface area contributed by atoms with Crippen LogP contribution in [0, 0.1) is 0 Å². The average Bonchev–Trinajstić information content (AvgIpc) is 3.11. The number of aromatic amines is 1. The first-order chi connectivity index (χ1) is 14.0. The molecule has 4 rings (SSSR count). The standard InChI is InChI=1S/C20H25ClN8/c1-13(2)18-17(19(21)27-26-18)15-6-7-22-20(24-15)25-16-5-4-14(12-23-16)29-10-8-28(3)9-11-29/h4-7,12-13H,8-11H2,1-3H3,(H,26,27)(H,22,23,24,25). The molecule has 1 saturated heterocycles. The van der Waals surface area contributed by atoms with E-state index in [0.29, 0.717) is 16.9 Å². The van der Waals surface area contributed by atoms with E-state index in [2.05, 4.69) is 67.2 Å². The highest BCUT2D eigenvalue weighted by Crippen LogP contribution is 2.32. The molecule has 9 heteroatoms. The van der Waals surface area contributed by atoms with Gasteiger partial charge in [0, 0.05) is 38.1 Å². The van der Waals surface area contributed by atoms with Crippen molar-refractivity contribution in [3.63, 3.8) is 0 Å². The van der Waals surface area contributed by atoms with Crippen molar-refractivity contribution >= 4 is 29.1 Å². The van der Waals surface area contributed by atoms with Crippen LogP contribution in [0.2, 0.25) is 5.15 Å². The van der Waals surface area contributed by atoms with Crippen molar-refractivity contribution in [1.29, 1.82) is 0 Å². The maximum atomic E-state index is 6.29. The predicted octanol–water partition coefficient (Wildman–Crippen LogP) is 3.53. The summed E-state index contributed by atoms with van der Waals surface area (Å²) in [6.07, 6.45) is 3.60. The fourth-order valence-corrected chi connectivity index (χ4v) is 3.62. The number of nitrogens with zero attached hydrogens (tertiary/aromatic N) is 6. The largest absolute Gasteiger partial charge is 0.368 e. The number of pyridine rings is 1. The summed E-state index contributed by atoms with van der Waals surface area (Å²) in [5, 5.41) is 10.7. The van der Waals surface area contributed by atoms with E-state index in [1.807, 2.05) is 18.3 Å². The third-order valence-corrected chi connectivity index (χ3v) is 5.37. The average molecular weight is 413 g/mol. The summed E-state index contributed by atoms with van der Waals surface area (Å²) >= 11 is 6.29. The van der Waals surface area contributed by atoms with Gasteiger partial charge in [-0.3, -0.25) is 5.10 Å². The molecule has 0 saturated carbocycles. The smallest absolute Gasteiger partial charge is 0.228 e. The maximum absolute atomic E-state index is 6.29. The molecule has 1 fully saturated rings. The SMILES string of the molecule is CC(C)c1[nH]nc(Cl)c1-c1ccnc(Nc2ccc(N3CCN(C)CC3)cn2)n1. The Morgan fingerprint density at radius 1 is 1.10 bits per heavy atom. The lowest BCUT2D eigenvalue weighted by atomic mass is 10.0. The van der Waals surface area contributed by atoms with Crippen LogP contribution in [0.25, 0.3) is 11.3 Å². The molecule has 0 bridgehead atoms. The summed E-state index contributed by atoms with van der Waals surface area (Å²) in [5.41, 5.74) is 3.61. The minimum absolute atomic E-state index is 0.250. The van der Waals surface area contributed by atoms with E-state index in [-0.39, 0.29) is 5.92 Å². The summed E-state index contributed by atoms with van der Waals surface area (Å²) in [7, 11) is 2.15. The summed E-state index contributed by atoms with van der Waals surface area (Å²) in [6, 6.07) is 5.86. The molecule has 0 aromatic carbocycles. The highest BCUT2D eigenvalue weighted by molar-refractivity contribution is 6.32. The molecule has 2 N–H and O–H groups in total. The van der Waals surface area contributed by atoms with Crippen LogP contribution in [0.4, 0.5) is 17.5 Å². The van der Waals surface area contributed by atoms with E-state index in [0.717, 1.165) is 48.8 Å². The lowest BCUT2D eigenvalue weighted by Crippen LogP contribution is -2.44. The second-order valence-corrected chi connectivity index (χ2v) is 7.90. The Kier molecular flexibility index (Phi) is 5.64. The Hall–Kier alpha value is -2.71. The summed E-state index contributed by atoms with van der Waals surface area (Å²) < 4.78 is 0. The Morgan fingerprint density at radius 3 is 2.59 bits per heavy atom. The highest BCUT2D eigenvalue weighted by Gasteiger charge is 2.18. The van der Waals surface area contributed by atoms with Crippen LogP contribution in [0.5, 0.6) is 0 Å². The van der Waals surface area contributed by atoms with Gasteiger partial charge in [0.25, 0.3) is 0 Å². The number of anilines is 3. The van der Waals surface area contributed by atoms with Crippen LogP contribution in [0.3, 0.4) is 0 Å². The van der Waals surface area contributed by atoms with Crippen LogP contribution in [-0.2, 0) is 0 Å². The molecule has 3 aromatic rings. The zero-order valence-corrected chi connectivity index (χ0v) is 17.6. The summed E-state index contributed by atoms with van der Waals surface area (Å²) in [4.78, 5) is 18.1. The number of hydrogen-bond donors (Lipinski definition) is 2. The molecular formula is C20H25ClN8. The van der Waals surface area contributed by atoms with Crippen LogP contribution in [0.15, 0.2) is 30.6 Å². The number of hydrogen-bond acceptors (Lipinski definition) is 7. The van der Waals surface area contributed by atoms with Crippen molar-refractivity contribution in [2.75, 3.05) is 43.4 Å². The first kappa shape index (κ1) is 19.6. The van der Waals surface area contributed by atoms with E-state index in [9.17, 15) is 0 Å². The molecule has 0 unspecified atom stereocenters. The van der Waals surface area contributed by atoms with Crippen LogP contribution >= 0.6 is 11.6 Å². The molecular weight excluding hydrogens is 388 g/mol. The van der Waals surface area contributed by atoms with E-state index in [1.165, 1.54) is 0 Å². The normalized spacial score (nSPS) is 15.1. The fraction of sp³-hybridized carbons (Fsp3) is 0.400. The maximum Gasteiger partial charge on any atom is 0.228 e. The van der Waals surface area contributed by atoms with Crippen LogP contribution in [-0.4, -0.2) is 63.3 Å². The molecule has 0 amide bonds. The molecule has 152 valence electrons. The van der Waals surface area contributed by atoms with E-state index >= 15 is 0 Å². The van der Waals surface area contributed by atoms with Crippen molar-refractivity contribution in [2.24, 2.45) is 0 Å². The van der Waals surface area contributed by atoms with Gasteiger partial charge in [0.1, 0.15) is 5.82 Å². The van der Waals surface area contributed by atoms with Crippen molar-refractivity contribution in [3.8, 4) is 11.3 Å². The Labute approximate surface area is 175 Å². The monoisotopic (exact) mass is 412 g/mol. The van der Waals surface area contributed by atoms with Crippen molar-refractivity contribution in [3.05, 3.63) is 41.4 Å². The lowest BCUT2D eigenvalue weighted by molar-refractivity contribution is 0.313. The molecule has 0 atom stereocenters. The molecule has 3 aromatic heterocycles. The second kappa shape index (κ2) is 8.34. The fourth-order valence-electron chi connectivity index (χ4n) is 3.38. The molecule has 8 nitrogen and oxygen atoms in total. The van der Waals surface area contributed by atoms with Gasteiger partial charge in [-0.25, -0.2) is 15.0 Å². The van der Waals surface area contributed by atoms with Gasteiger partial charge in [0.2, 0.25) is 5.95 Å². The molecule has 1 aliphatic heterocycles. The van der Waals surface area contributed by atoms with Gasteiger partial charge in [-0.15, -0.1) is 0 Å². The van der Waals surface area contributed by atoms with Gasteiger partial charge in [0.15, 0.2) is 5.15 Å². The van der Waals surface area contributed by atoms with Crippen LogP contribution < -0.4 is 10.2 Å². The van der Waals surface area contributed by atoms with Gasteiger partial charge < -0.3 is 15.1 Å². The molecule has 1 aliphatic rings. The predicted molar refractivity (Wildman–Crippen MR) is 116 cm³/mol. The number of aromatic nitrogens is 5. The number of halogens is 1. The van der Waals surface area contributed by atoms with Gasteiger partial charge in [0.05, 0.1) is 23.1 Å². The van der Waals surface area contributed by atoms with Gasteiger partial charge >= 0.3 is 0 Å². The molecule has 0 aliphatic carbocycles. The van der Waals surface area contributed by atoms with E-state index < -0.39 is 0 Å². The molecule has 0 spiro atoms. The Bertz CT molecular complexity index is 961. The van der Waals surface area contributed by atoms with Crippen LogP contribution in [0.1, 0.15) is 25.5 Å². The van der Waals surface area contributed by atoms with Gasteiger partial charge in [-0.1, -0.05) is 25.4 Å². The lowest BCUT2D eigenvalue weighted by Gasteiger charge is -2.33. The number of rotatable bonds is 5. The van der Waals surface area contributed by atoms with Crippen molar-refractivity contribution in [2.45, 2.75) is 19.8 Å². The zero-order chi connectivity index (χ0) is 20.4. The van der Waals surface area contributed by atoms with Gasteiger partial charge in [-0.05, 0) is 31.2 Å². The molecule has 4 heterocycles. The molecule has 29 heavy (non-hydrogen) atoms. The summed E-state index contributed by atoms with van der Waals surface area (Å²) in [5.74, 6) is 1.41. The first-order valence-electron chi connectivity index (χ1n) is 9.75. The summed E-state index contributed by atoms with van der Waals surface area (Å²) in [6.45, 7) is 8.32. The molecule has 0 radical (unpaired) electrons. The third kappa shape index (κ3) is 4.33. The van der Waals surface area contributed by atoms with Gasteiger partial charge in [-0.2, -0.15) is 5.10 Å². The van der Waals surface area contributed by atoms with Crippen molar-refractivity contribution in [1.82, 2.24) is 30.0 Å². The number of likely N-dealkylation sites (N-methyl/N-ethyl adjacent to an activating group) is 1. The topological polar surface area (TPSA) is 85.9 Å². The number of nitrogens with one attached hydrogen (secondary N) is 2. The van der Waals surface area contributed by atoms with E-state index in [4.69, 9.17) is 11.6 Å². The Balaban J connectivity index is 1.51. The minimum atomic E-state index is 0.250. The number of H-pyrrole nitrogens is 1. The second-order valence-electron chi connectivity index (χ2n) is 7.54. The first-order valence-corrected chi connectivity index (χ1v) is 10.1. The Morgan fingerprint density at radius 2 is 1.90 bits per heavy atom. The van der Waals surface area contributed by atoms with E-state index in [1.54, 1.807) is 6.20 Å². The minimum Gasteiger partial charge on any atom is -0.368 e. The quantitative estimate of drug-likeness (QED) is 0.662. The number of piperazine rings is 1. The zero-order valence-electron chi connectivity index (χ0n) is 16.9.